The highest BCUT2D eigenvalue weighted by atomic mass is 19.4. The van der Waals surface area contributed by atoms with E-state index in [1.807, 2.05) is 0 Å². The Hall–Kier alpha value is -2.32. The highest BCUT2D eigenvalue weighted by Gasteiger charge is 2.42. The summed E-state index contributed by atoms with van der Waals surface area (Å²) in [6.45, 7) is 2.88. The van der Waals surface area contributed by atoms with Gasteiger partial charge in [0.1, 0.15) is 11.1 Å². The lowest BCUT2D eigenvalue weighted by atomic mass is 9.98. The normalized spacial score (nSPS) is 11.6. The minimum Gasteiger partial charge on any atom is -0.495 e. The molecule has 0 aliphatic heterocycles. The molecule has 1 aromatic heterocycles. The van der Waals surface area contributed by atoms with Gasteiger partial charge in [0.2, 0.25) is 0 Å². The number of alkyl halides is 3. The summed E-state index contributed by atoms with van der Waals surface area (Å²) >= 11 is 0. The molecule has 1 aromatic rings. The largest absolute Gasteiger partial charge is 0.495 e. The van der Waals surface area contributed by atoms with Crippen LogP contribution in [0, 0.1) is 0 Å². The molecule has 0 aromatic carbocycles. The molecule has 6 nitrogen and oxygen atoms in total. The molecule has 1 heterocycles. The zero-order valence-electron chi connectivity index (χ0n) is 11.3. The van der Waals surface area contributed by atoms with E-state index in [0.29, 0.717) is 0 Å². The quantitative estimate of drug-likeness (QED) is 0.887. The van der Waals surface area contributed by atoms with Gasteiger partial charge in [-0.1, -0.05) is 13.8 Å². The van der Waals surface area contributed by atoms with Crippen LogP contribution in [0.5, 0.6) is 5.75 Å². The van der Waals surface area contributed by atoms with Crippen molar-refractivity contribution in [2.75, 3.05) is 7.11 Å². The average molecular weight is 307 g/mol. The van der Waals surface area contributed by atoms with Gasteiger partial charge < -0.3 is 14.9 Å². The first-order chi connectivity index (χ1) is 9.52. The molecule has 0 saturated heterocycles. The van der Waals surface area contributed by atoms with Gasteiger partial charge in [-0.25, -0.2) is 14.6 Å². The Morgan fingerprint density at radius 2 is 1.62 bits per heavy atom. The van der Waals surface area contributed by atoms with Gasteiger partial charge in [0.05, 0.1) is 12.8 Å². The lowest BCUT2D eigenvalue weighted by Gasteiger charge is -2.19. The van der Waals surface area contributed by atoms with E-state index in [1.165, 1.54) is 13.8 Å². The number of carboxylic acid groups (broad SMARTS) is 2. The molecule has 1 rings (SSSR count). The zero-order chi connectivity index (χ0) is 16.5. The van der Waals surface area contributed by atoms with Crippen molar-refractivity contribution in [3.05, 3.63) is 22.5 Å². The molecular weight excluding hydrogens is 295 g/mol. The minimum atomic E-state index is -5.05. The van der Waals surface area contributed by atoms with Crippen LogP contribution in [0.1, 0.15) is 51.9 Å². The Bertz CT molecular complexity index is 596. The van der Waals surface area contributed by atoms with Crippen molar-refractivity contribution in [2.45, 2.75) is 25.9 Å². The van der Waals surface area contributed by atoms with Gasteiger partial charge in [0.15, 0.2) is 11.4 Å². The van der Waals surface area contributed by atoms with Gasteiger partial charge >= 0.3 is 18.1 Å². The molecule has 0 aliphatic rings. The van der Waals surface area contributed by atoms with Gasteiger partial charge in [-0.15, -0.1) is 0 Å². The van der Waals surface area contributed by atoms with Gasteiger partial charge in [-0.05, 0) is 5.92 Å². The van der Waals surface area contributed by atoms with Crippen molar-refractivity contribution < 1.29 is 37.7 Å². The lowest BCUT2D eigenvalue weighted by molar-refractivity contribution is -0.142. The second-order valence-electron chi connectivity index (χ2n) is 4.39. The van der Waals surface area contributed by atoms with Gasteiger partial charge in [-0.3, -0.25) is 0 Å². The van der Waals surface area contributed by atoms with E-state index in [-0.39, 0.29) is 0 Å². The Balaban J connectivity index is 3.98. The summed E-state index contributed by atoms with van der Waals surface area (Å²) in [4.78, 5) is 25.6. The molecule has 0 bridgehead atoms. The van der Waals surface area contributed by atoms with E-state index < -0.39 is 52.3 Å². The number of nitrogens with zero attached hydrogens (tertiary/aromatic N) is 1. The second-order valence-corrected chi connectivity index (χ2v) is 4.39. The first-order valence-electron chi connectivity index (χ1n) is 5.68. The van der Waals surface area contributed by atoms with Crippen LogP contribution in [0.3, 0.4) is 0 Å². The topological polar surface area (TPSA) is 96.7 Å². The SMILES string of the molecule is COc1c(C(=O)O)c(C(C)C)nc(C(F)(F)F)c1C(=O)O. The molecule has 116 valence electrons. The third kappa shape index (κ3) is 3.06. The van der Waals surface area contributed by atoms with Crippen LogP contribution < -0.4 is 4.74 Å². The molecule has 0 saturated carbocycles. The standard InChI is InChI=1S/C12H12F3NO5/c1-4(2)7-5(10(17)18)8(21-3)6(11(19)20)9(16-7)12(13,14)15/h4H,1-3H3,(H,17,18)(H,19,20). The summed E-state index contributed by atoms with van der Waals surface area (Å²) < 4.78 is 43.5. The molecule has 0 spiro atoms. The molecule has 0 radical (unpaired) electrons. The molecule has 0 amide bonds. The van der Waals surface area contributed by atoms with Crippen molar-refractivity contribution in [1.82, 2.24) is 4.98 Å². The lowest BCUT2D eigenvalue weighted by Crippen LogP contribution is -2.22. The number of carbonyl (C=O) groups is 2. The Labute approximate surface area is 117 Å². The van der Waals surface area contributed by atoms with Crippen LogP contribution in [0.25, 0.3) is 0 Å². The van der Waals surface area contributed by atoms with Crippen LogP contribution in [-0.4, -0.2) is 34.2 Å². The van der Waals surface area contributed by atoms with Crippen LogP contribution in [0.4, 0.5) is 13.2 Å². The fourth-order valence-corrected chi connectivity index (χ4v) is 1.81. The first-order valence-corrected chi connectivity index (χ1v) is 5.68. The predicted molar refractivity (Wildman–Crippen MR) is 63.8 cm³/mol. The second kappa shape index (κ2) is 5.58. The number of aromatic carboxylic acids is 2. The van der Waals surface area contributed by atoms with Crippen molar-refractivity contribution in [1.29, 1.82) is 0 Å². The molecular formula is C12H12F3NO5. The van der Waals surface area contributed by atoms with Gasteiger partial charge in [-0.2, -0.15) is 13.2 Å². The van der Waals surface area contributed by atoms with Gasteiger partial charge in [0, 0.05) is 0 Å². The summed E-state index contributed by atoms with van der Waals surface area (Å²) in [6.07, 6.45) is -5.05. The number of methoxy groups -OCH3 is 1. The summed E-state index contributed by atoms with van der Waals surface area (Å²) in [5, 5.41) is 18.1. The molecule has 9 heteroatoms. The molecule has 2 N–H and O–H groups in total. The smallest absolute Gasteiger partial charge is 0.434 e. The van der Waals surface area contributed by atoms with Crippen molar-refractivity contribution >= 4 is 11.9 Å². The Morgan fingerprint density at radius 1 is 1.14 bits per heavy atom. The minimum absolute atomic E-state index is 0.392. The maximum atomic E-state index is 13.0. The number of carboxylic acids is 2. The van der Waals surface area contributed by atoms with Crippen molar-refractivity contribution in [3.8, 4) is 5.75 Å². The van der Waals surface area contributed by atoms with E-state index >= 15 is 0 Å². The number of halogens is 3. The van der Waals surface area contributed by atoms with E-state index in [2.05, 4.69) is 9.72 Å². The molecule has 0 unspecified atom stereocenters. The van der Waals surface area contributed by atoms with E-state index in [4.69, 9.17) is 10.2 Å². The van der Waals surface area contributed by atoms with Crippen LogP contribution in [0.15, 0.2) is 0 Å². The van der Waals surface area contributed by atoms with Crippen LogP contribution in [0.2, 0.25) is 0 Å². The number of ether oxygens (including phenoxy) is 1. The third-order valence-electron chi connectivity index (χ3n) is 2.63. The maximum Gasteiger partial charge on any atom is 0.434 e. The zero-order valence-corrected chi connectivity index (χ0v) is 11.3. The Kier molecular flexibility index (Phi) is 4.45. The maximum absolute atomic E-state index is 13.0. The predicted octanol–water partition coefficient (Wildman–Crippen LogP) is 2.63. The molecule has 0 atom stereocenters. The first kappa shape index (κ1) is 16.7. The highest BCUT2D eigenvalue weighted by molar-refractivity contribution is 6.00. The summed E-state index contributed by atoms with van der Waals surface area (Å²) in [7, 11) is 0.901. The number of hydrogen-bond donors (Lipinski definition) is 2. The number of rotatable bonds is 4. The molecule has 0 fully saturated rings. The van der Waals surface area contributed by atoms with E-state index in [9.17, 15) is 22.8 Å². The van der Waals surface area contributed by atoms with Crippen LogP contribution >= 0.6 is 0 Å². The third-order valence-corrected chi connectivity index (χ3v) is 2.63. The fourth-order valence-electron chi connectivity index (χ4n) is 1.81. The molecule has 21 heavy (non-hydrogen) atoms. The number of pyridine rings is 1. The fraction of sp³-hybridized carbons (Fsp3) is 0.417. The summed E-state index contributed by atoms with van der Waals surface area (Å²) in [5.74, 6) is -5.11. The van der Waals surface area contributed by atoms with E-state index in [0.717, 1.165) is 7.11 Å². The average Bonchev–Trinajstić information content (AvgIpc) is 2.34. The van der Waals surface area contributed by atoms with E-state index in [1.54, 1.807) is 0 Å². The summed E-state index contributed by atoms with van der Waals surface area (Å²) in [5.41, 5.74) is -4.07. The van der Waals surface area contributed by atoms with Crippen molar-refractivity contribution in [3.63, 3.8) is 0 Å². The highest BCUT2D eigenvalue weighted by Crippen LogP contribution is 2.39. The van der Waals surface area contributed by atoms with Crippen LogP contribution in [-0.2, 0) is 6.18 Å². The van der Waals surface area contributed by atoms with Crippen molar-refractivity contribution in [2.24, 2.45) is 0 Å². The summed E-state index contributed by atoms with van der Waals surface area (Å²) in [6, 6.07) is 0. The monoisotopic (exact) mass is 307 g/mol. The Morgan fingerprint density at radius 3 is 1.90 bits per heavy atom. The number of hydrogen-bond acceptors (Lipinski definition) is 4. The number of aromatic nitrogens is 1. The van der Waals surface area contributed by atoms with Gasteiger partial charge in [0.25, 0.3) is 0 Å². The molecule has 0 aliphatic carbocycles.